The summed E-state index contributed by atoms with van der Waals surface area (Å²) >= 11 is 0. The molecule has 0 amide bonds. The van der Waals surface area contributed by atoms with Crippen LogP contribution in [0.15, 0.2) is 75.6 Å². The number of hydrogen-bond acceptors (Lipinski definition) is 4. The topological polar surface area (TPSA) is 71.5 Å². The van der Waals surface area contributed by atoms with Crippen molar-refractivity contribution >= 4 is 18.3 Å². The average Bonchev–Trinajstić information content (AvgIpc) is 2.80. The lowest BCUT2D eigenvalue weighted by Crippen LogP contribution is -2.40. The van der Waals surface area contributed by atoms with Crippen LogP contribution in [0.5, 0.6) is 0 Å². The lowest BCUT2D eigenvalue weighted by Gasteiger charge is -2.45. The molecule has 5 heteroatoms. The number of hydrogen-bond donors (Lipinski definition) is 1. The predicted molar refractivity (Wildman–Crippen MR) is 133 cm³/mol. The molecule has 1 aromatic heterocycles. The van der Waals surface area contributed by atoms with Gasteiger partial charge in [-0.05, 0) is 56.0 Å². The number of nitrogens with one attached hydrogen (secondary N) is 1. The van der Waals surface area contributed by atoms with Crippen molar-refractivity contribution in [2.24, 2.45) is 10.9 Å². The summed E-state index contributed by atoms with van der Waals surface area (Å²) in [6.07, 6.45) is 12.4. The Kier molecular flexibility index (Phi) is 6.59. The van der Waals surface area contributed by atoms with Crippen LogP contribution in [-0.2, 0) is 16.7 Å². The molecule has 33 heavy (non-hydrogen) atoms. The van der Waals surface area contributed by atoms with E-state index < -0.39 is 5.54 Å². The fourth-order valence-corrected chi connectivity index (χ4v) is 5.07. The lowest BCUT2D eigenvalue weighted by atomic mass is 9.63. The van der Waals surface area contributed by atoms with Gasteiger partial charge in [0.15, 0.2) is 0 Å². The van der Waals surface area contributed by atoms with E-state index in [1.165, 1.54) is 11.1 Å². The minimum absolute atomic E-state index is 0.0814. The zero-order valence-corrected chi connectivity index (χ0v) is 19.4. The summed E-state index contributed by atoms with van der Waals surface area (Å²) in [6.45, 7) is 6.59. The Morgan fingerprint density at radius 3 is 2.88 bits per heavy atom. The largest absolute Gasteiger partial charge is 0.462 e. The molecule has 0 aliphatic heterocycles. The van der Waals surface area contributed by atoms with Crippen molar-refractivity contribution in [1.29, 1.82) is 0 Å². The predicted octanol–water partition coefficient (Wildman–Crippen LogP) is 5.39. The third-order valence-electron chi connectivity index (χ3n) is 6.35. The minimum Gasteiger partial charge on any atom is -0.462 e. The molecule has 2 aliphatic carbocycles. The molecule has 2 atom stereocenters. The second-order valence-electron chi connectivity index (χ2n) is 8.68. The number of ether oxygens (including phenoxy) is 1. The van der Waals surface area contributed by atoms with Crippen LogP contribution in [-0.4, -0.2) is 23.8 Å². The fourth-order valence-electron chi connectivity index (χ4n) is 5.07. The van der Waals surface area contributed by atoms with Crippen molar-refractivity contribution in [1.82, 2.24) is 4.98 Å². The second-order valence-corrected chi connectivity index (χ2v) is 8.68. The summed E-state index contributed by atoms with van der Waals surface area (Å²) in [5.41, 5.74) is 5.31. The van der Waals surface area contributed by atoms with Crippen LogP contribution < -0.4 is 5.56 Å². The molecule has 1 aromatic carbocycles. The molecule has 0 unspecified atom stereocenters. The summed E-state index contributed by atoms with van der Waals surface area (Å²) in [5, 5.41) is 0. The summed E-state index contributed by atoms with van der Waals surface area (Å²) in [5.74, 6) is -0.0885. The number of aromatic amines is 1. The molecule has 2 aliphatic rings. The number of rotatable bonds is 6. The van der Waals surface area contributed by atoms with Crippen LogP contribution in [0.2, 0.25) is 0 Å². The van der Waals surface area contributed by atoms with E-state index in [9.17, 15) is 9.59 Å². The Bertz CT molecular complexity index is 1230. The van der Waals surface area contributed by atoms with E-state index in [4.69, 9.17) is 9.73 Å². The SMILES string of the molecule is C/C=C1\[C@H]2C=C(C)C[C@]1(N=CC=Cc1ccccc1C(=O)OCCC)c1ccc(=O)[nH]c1C2. The number of allylic oxidation sites excluding steroid dienone is 3. The Morgan fingerprint density at radius 2 is 2.09 bits per heavy atom. The van der Waals surface area contributed by atoms with E-state index in [0.717, 1.165) is 36.1 Å². The molecule has 0 fully saturated rings. The molecule has 0 saturated carbocycles. The average molecular weight is 443 g/mol. The number of benzene rings is 1. The molecular weight excluding hydrogens is 412 g/mol. The van der Waals surface area contributed by atoms with Crippen molar-refractivity contribution in [2.45, 2.75) is 45.6 Å². The van der Waals surface area contributed by atoms with Gasteiger partial charge in [0, 0.05) is 35.9 Å². The van der Waals surface area contributed by atoms with Crippen molar-refractivity contribution < 1.29 is 9.53 Å². The molecule has 1 heterocycles. The highest BCUT2D eigenvalue weighted by Crippen LogP contribution is 2.51. The van der Waals surface area contributed by atoms with Gasteiger partial charge in [0.1, 0.15) is 5.54 Å². The quantitative estimate of drug-likeness (QED) is 0.370. The van der Waals surface area contributed by atoms with E-state index in [-0.39, 0.29) is 17.4 Å². The summed E-state index contributed by atoms with van der Waals surface area (Å²) < 4.78 is 5.31. The van der Waals surface area contributed by atoms with Crippen LogP contribution in [0, 0.1) is 5.92 Å². The number of H-pyrrole nitrogens is 1. The van der Waals surface area contributed by atoms with Crippen LogP contribution in [0.25, 0.3) is 6.08 Å². The van der Waals surface area contributed by atoms with Gasteiger partial charge in [-0.1, -0.05) is 48.9 Å². The first-order valence-corrected chi connectivity index (χ1v) is 11.5. The van der Waals surface area contributed by atoms with E-state index in [2.05, 4.69) is 31.0 Å². The number of nitrogens with zero attached hydrogens (tertiary/aromatic N) is 1. The first-order valence-electron chi connectivity index (χ1n) is 11.5. The van der Waals surface area contributed by atoms with Crippen LogP contribution in [0.3, 0.4) is 0 Å². The molecule has 0 saturated heterocycles. The highest BCUT2D eigenvalue weighted by molar-refractivity contribution is 5.94. The third kappa shape index (κ3) is 4.40. The summed E-state index contributed by atoms with van der Waals surface area (Å²) in [6, 6.07) is 10.9. The molecule has 2 bridgehead atoms. The maximum absolute atomic E-state index is 12.4. The van der Waals surface area contributed by atoms with Crippen molar-refractivity contribution in [3.8, 4) is 0 Å². The lowest BCUT2D eigenvalue weighted by molar-refractivity contribution is 0.0505. The third-order valence-corrected chi connectivity index (χ3v) is 6.35. The highest BCUT2D eigenvalue weighted by Gasteiger charge is 2.46. The molecule has 0 spiro atoms. The number of aliphatic imine (C=N–C) groups is 1. The Morgan fingerprint density at radius 1 is 1.27 bits per heavy atom. The van der Waals surface area contributed by atoms with Gasteiger partial charge in [-0.25, -0.2) is 4.79 Å². The van der Waals surface area contributed by atoms with Gasteiger partial charge in [-0.3, -0.25) is 9.79 Å². The van der Waals surface area contributed by atoms with E-state index in [1.807, 2.05) is 49.6 Å². The molecule has 5 nitrogen and oxygen atoms in total. The maximum atomic E-state index is 12.4. The van der Waals surface area contributed by atoms with E-state index >= 15 is 0 Å². The molecule has 4 rings (SSSR count). The monoisotopic (exact) mass is 442 g/mol. The van der Waals surface area contributed by atoms with Gasteiger partial charge >= 0.3 is 5.97 Å². The van der Waals surface area contributed by atoms with Gasteiger partial charge in [-0.2, -0.15) is 0 Å². The van der Waals surface area contributed by atoms with Crippen molar-refractivity contribution in [2.75, 3.05) is 6.61 Å². The Balaban J connectivity index is 1.69. The molecule has 170 valence electrons. The van der Waals surface area contributed by atoms with Gasteiger partial charge in [-0.15, -0.1) is 0 Å². The number of esters is 1. The van der Waals surface area contributed by atoms with Crippen molar-refractivity contribution in [3.05, 3.63) is 98.5 Å². The standard InChI is InChI=1S/C28H30N2O3/c1-4-15-33-27(32)22-11-7-6-9-20(22)10-8-14-29-28-18-19(3)16-21(23(28)5-2)17-25-24(28)12-13-26(31)30-25/h5-14,16,21H,4,15,17-18H2,1-3H3,(H,30,31)/b10-8?,23-5+,29-14?/t21-,28+/m0/s1. The minimum atomic E-state index is -0.528. The van der Waals surface area contributed by atoms with Crippen molar-refractivity contribution in [3.63, 3.8) is 0 Å². The normalized spacial score (nSPS) is 23.1. The summed E-state index contributed by atoms with van der Waals surface area (Å²) in [7, 11) is 0. The number of fused-ring (bicyclic) bond motifs is 4. The Labute approximate surface area is 194 Å². The number of aromatic nitrogens is 1. The molecule has 0 radical (unpaired) electrons. The zero-order chi connectivity index (χ0) is 23.4. The highest BCUT2D eigenvalue weighted by atomic mass is 16.5. The molecule has 2 aromatic rings. The molecule has 1 N–H and O–H groups in total. The first-order chi connectivity index (χ1) is 16.0. The maximum Gasteiger partial charge on any atom is 0.338 e. The number of carbonyl (C=O) groups excluding carboxylic acids is 1. The Hall–Kier alpha value is -3.47. The van der Waals surface area contributed by atoms with Gasteiger partial charge < -0.3 is 9.72 Å². The van der Waals surface area contributed by atoms with Crippen LogP contribution in [0.1, 0.15) is 60.8 Å². The van der Waals surface area contributed by atoms with Gasteiger partial charge in [0.2, 0.25) is 5.56 Å². The van der Waals surface area contributed by atoms with Crippen LogP contribution >= 0.6 is 0 Å². The van der Waals surface area contributed by atoms with Gasteiger partial charge in [0.25, 0.3) is 0 Å². The van der Waals surface area contributed by atoms with E-state index in [0.29, 0.717) is 12.2 Å². The van der Waals surface area contributed by atoms with E-state index in [1.54, 1.807) is 12.1 Å². The molecular formula is C28H30N2O3. The smallest absolute Gasteiger partial charge is 0.338 e. The fraction of sp³-hybridized carbons (Fsp3) is 0.321. The van der Waals surface area contributed by atoms with Gasteiger partial charge in [0.05, 0.1) is 12.2 Å². The zero-order valence-electron chi connectivity index (χ0n) is 19.4. The van der Waals surface area contributed by atoms with Crippen LogP contribution in [0.4, 0.5) is 0 Å². The number of pyridine rings is 1. The summed E-state index contributed by atoms with van der Waals surface area (Å²) in [4.78, 5) is 32.5. The number of carbonyl (C=O) groups is 1. The first kappa shape index (κ1) is 22.7. The second kappa shape index (κ2) is 9.57.